The van der Waals surface area contributed by atoms with E-state index in [-0.39, 0.29) is 11.9 Å². The van der Waals surface area contributed by atoms with Gasteiger partial charge in [-0.3, -0.25) is 9.48 Å². The maximum absolute atomic E-state index is 12.4. The second kappa shape index (κ2) is 7.28. The molecule has 1 aliphatic heterocycles. The molecule has 1 N–H and O–H groups in total. The summed E-state index contributed by atoms with van der Waals surface area (Å²) in [5, 5.41) is 8.33. The Bertz CT molecular complexity index is 935. The number of amides is 1. The number of carbonyl (C=O) groups excluding carboxylic acids is 1. The van der Waals surface area contributed by atoms with E-state index in [9.17, 15) is 4.79 Å². The number of piperidine rings is 1. The highest BCUT2D eigenvalue weighted by atomic mass is 32.2. The minimum Gasteiger partial charge on any atom is -0.346 e. The third-order valence-electron chi connectivity index (χ3n) is 4.56. The summed E-state index contributed by atoms with van der Waals surface area (Å²) in [6, 6.07) is 8.26. The van der Waals surface area contributed by atoms with Crippen LogP contribution in [-0.2, 0) is 7.05 Å². The Balaban J connectivity index is 1.47. The van der Waals surface area contributed by atoms with E-state index in [1.54, 1.807) is 40.0 Å². The Hall–Kier alpha value is -2.06. The van der Waals surface area contributed by atoms with Crippen LogP contribution in [0.1, 0.15) is 23.3 Å². The first-order valence-corrected chi connectivity index (χ1v) is 10.7. The number of nitrogens with zero attached hydrogens (tertiary/aromatic N) is 4. The number of hydrogen-bond acceptors (Lipinski definition) is 6. The van der Waals surface area contributed by atoms with Gasteiger partial charge in [0.15, 0.2) is 5.13 Å². The van der Waals surface area contributed by atoms with E-state index in [1.807, 2.05) is 7.05 Å². The molecular formula is C18H21N5OS2. The Morgan fingerprint density at radius 3 is 3.04 bits per heavy atom. The smallest absolute Gasteiger partial charge is 0.272 e. The number of carbonyl (C=O) groups is 1. The summed E-state index contributed by atoms with van der Waals surface area (Å²) in [4.78, 5) is 20.7. The topological polar surface area (TPSA) is 63.1 Å². The number of aromatic nitrogens is 3. The lowest BCUT2D eigenvalue weighted by molar-refractivity contribution is 0.0927. The molecule has 6 nitrogen and oxygen atoms in total. The van der Waals surface area contributed by atoms with Crippen molar-refractivity contribution in [1.82, 2.24) is 20.1 Å². The fraction of sp³-hybridized carbons (Fsp3) is 0.389. The van der Waals surface area contributed by atoms with Gasteiger partial charge < -0.3 is 10.2 Å². The Kier molecular flexibility index (Phi) is 4.86. The third-order valence-corrected chi connectivity index (χ3v) is 6.36. The fourth-order valence-corrected chi connectivity index (χ4v) is 4.77. The van der Waals surface area contributed by atoms with Crippen LogP contribution in [0, 0.1) is 0 Å². The summed E-state index contributed by atoms with van der Waals surface area (Å²) < 4.78 is 2.86. The SMILES string of the molecule is CSc1ccc2nc(N3CCCC(NC(=O)c4ccn(C)n4)C3)sc2c1. The summed E-state index contributed by atoms with van der Waals surface area (Å²) in [6.07, 6.45) is 5.89. The molecule has 3 aromatic rings. The van der Waals surface area contributed by atoms with E-state index in [0.717, 1.165) is 36.6 Å². The molecule has 136 valence electrons. The number of benzene rings is 1. The van der Waals surface area contributed by atoms with Crippen LogP contribution in [0.3, 0.4) is 0 Å². The summed E-state index contributed by atoms with van der Waals surface area (Å²) in [6.45, 7) is 1.76. The molecule has 1 amide bonds. The van der Waals surface area contributed by atoms with Crippen LogP contribution in [0.5, 0.6) is 0 Å². The molecule has 1 aliphatic rings. The molecule has 1 saturated heterocycles. The highest BCUT2D eigenvalue weighted by molar-refractivity contribution is 7.98. The van der Waals surface area contributed by atoms with Crippen molar-refractivity contribution in [2.45, 2.75) is 23.8 Å². The first-order chi connectivity index (χ1) is 12.6. The zero-order valence-corrected chi connectivity index (χ0v) is 16.4. The summed E-state index contributed by atoms with van der Waals surface area (Å²) in [5.41, 5.74) is 1.51. The molecule has 0 saturated carbocycles. The van der Waals surface area contributed by atoms with Crippen molar-refractivity contribution in [1.29, 1.82) is 0 Å². The van der Waals surface area contributed by atoms with E-state index < -0.39 is 0 Å². The number of nitrogens with one attached hydrogen (secondary N) is 1. The molecule has 4 rings (SSSR count). The molecular weight excluding hydrogens is 366 g/mol. The van der Waals surface area contributed by atoms with Gasteiger partial charge in [0.25, 0.3) is 5.91 Å². The van der Waals surface area contributed by atoms with Crippen molar-refractivity contribution in [3.63, 3.8) is 0 Å². The van der Waals surface area contributed by atoms with Crippen molar-refractivity contribution in [3.8, 4) is 0 Å². The molecule has 0 bridgehead atoms. The molecule has 8 heteroatoms. The molecule has 1 fully saturated rings. The van der Waals surface area contributed by atoms with E-state index in [4.69, 9.17) is 4.98 Å². The van der Waals surface area contributed by atoms with Crippen LogP contribution in [0.15, 0.2) is 35.4 Å². The first kappa shape index (κ1) is 17.4. The van der Waals surface area contributed by atoms with Crippen molar-refractivity contribution >= 4 is 44.4 Å². The van der Waals surface area contributed by atoms with Crippen LogP contribution in [0.4, 0.5) is 5.13 Å². The average molecular weight is 388 g/mol. The molecule has 2 aromatic heterocycles. The van der Waals surface area contributed by atoms with Gasteiger partial charge in [-0.15, -0.1) is 11.8 Å². The molecule has 1 atom stereocenters. The van der Waals surface area contributed by atoms with Gasteiger partial charge in [0.1, 0.15) is 5.69 Å². The largest absolute Gasteiger partial charge is 0.346 e. The highest BCUT2D eigenvalue weighted by Crippen LogP contribution is 2.32. The van der Waals surface area contributed by atoms with Crippen LogP contribution in [0.25, 0.3) is 10.2 Å². The standard InChI is InChI=1S/C18H21N5OS2/c1-22-9-7-15(21-22)17(24)19-12-4-3-8-23(11-12)18-20-14-6-5-13(25-2)10-16(14)26-18/h5-7,9-10,12H,3-4,8,11H2,1-2H3,(H,19,24). The summed E-state index contributed by atoms with van der Waals surface area (Å²) in [7, 11) is 1.81. The number of thioether (sulfide) groups is 1. The molecule has 0 aliphatic carbocycles. The second-order valence-electron chi connectivity index (χ2n) is 6.46. The van der Waals surface area contributed by atoms with Gasteiger partial charge >= 0.3 is 0 Å². The maximum Gasteiger partial charge on any atom is 0.272 e. The van der Waals surface area contributed by atoms with E-state index in [2.05, 4.69) is 39.8 Å². The molecule has 26 heavy (non-hydrogen) atoms. The van der Waals surface area contributed by atoms with E-state index in [0.29, 0.717) is 5.69 Å². The number of thiazole rings is 1. The maximum atomic E-state index is 12.4. The predicted octanol–water partition coefficient (Wildman–Crippen LogP) is 3.15. The number of fused-ring (bicyclic) bond motifs is 1. The van der Waals surface area contributed by atoms with Gasteiger partial charge in [0, 0.05) is 37.3 Å². The van der Waals surface area contributed by atoms with Crippen LogP contribution in [-0.4, -0.2) is 46.1 Å². The predicted molar refractivity (Wildman–Crippen MR) is 107 cm³/mol. The van der Waals surface area contributed by atoms with E-state index >= 15 is 0 Å². The van der Waals surface area contributed by atoms with Gasteiger partial charge in [-0.1, -0.05) is 11.3 Å². The number of anilines is 1. The number of hydrogen-bond donors (Lipinski definition) is 1. The van der Waals surface area contributed by atoms with E-state index in [1.165, 1.54) is 9.60 Å². The summed E-state index contributed by atoms with van der Waals surface area (Å²) in [5.74, 6) is -0.105. The Labute approximate surface area is 160 Å². The zero-order chi connectivity index (χ0) is 18.1. The van der Waals surface area contributed by atoms with Gasteiger partial charge in [-0.2, -0.15) is 5.10 Å². The second-order valence-corrected chi connectivity index (χ2v) is 8.35. The van der Waals surface area contributed by atoms with Crippen molar-refractivity contribution < 1.29 is 4.79 Å². The van der Waals surface area contributed by atoms with Gasteiger partial charge in [-0.05, 0) is 43.4 Å². The lowest BCUT2D eigenvalue weighted by Crippen LogP contribution is -2.47. The van der Waals surface area contributed by atoms with Gasteiger partial charge in [0.05, 0.1) is 10.2 Å². The summed E-state index contributed by atoms with van der Waals surface area (Å²) >= 11 is 3.47. The Morgan fingerprint density at radius 1 is 1.38 bits per heavy atom. The molecule has 3 heterocycles. The lowest BCUT2D eigenvalue weighted by atomic mass is 10.1. The van der Waals surface area contributed by atoms with Gasteiger partial charge in [0.2, 0.25) is 0 Å². The number of rotatable bonds is 4. The van der Waals surface area contributed by atoms with Gasteiger partial charge in [-0.25, -0.2) is 4.98 Å². The molecule has 0 radical (unpaired) electrons. The monoisotopic (exact) mass is 387 g/mol. The minimum atomic E-state index is -0.105. The lowest BCUT2D eigenvalue weighted by Gasteiger charge is -2.32. The van der Waals surface area contributed by atoms with Crippen LogP contribution >= 0.6 is 23.1 Å². The minimum absolute atomic E-state index is 0.105. The first-order valence-electron chi connectivity index (χ1n) is 8.62. The third kappa shape index (κ3) is 3.57. The molecule has 0 spiro atoms. The zero-order valence-electron chi connectivity index (χ0n) is 14.8. The van der Waals surface area contributed by atoms with Crippen molar-refractivity contribution in [2.24, 2.45) is 7.05 Å². The number of aryl methyl sites for hydroxylation is 1. The van der Waals surface area contributed by atoms with Crippen molar-refractivity contribution in [3.05, 3.63) is 36.2 Å². The fourth-order valence-electron chi connectivity index (χ4n) is 3.22. The van der Waals surface area contributed by atoms with Crippen LogP contribution < -0.4 is 10.2 Å². The van der Waals surface area contributed by atoms with Crippen molar-refractivity contribution in [2.75, 3.05) is 24.2 Å². The van der Waals surface area contributed by atoms with Crippen LogP contribution in [0.2, 0.25) is 0 Å². The average Bonchev–Trinajstić information content (AvgIpc) is 3.27. The quantitative estimate of drug-likeness (QED) is 0.697. The molecule has 1 unspecified atom stereocenters. The Morgan fingerprint density at radius 2 is 2.27 bits per heavy atom. The highest BCUT2D eigenvalue weighted by Gasteiger charge is 2.24. The normalized spacial score (nSPS) is 17.6. The molecule has 1 aromatic carbocycles.